The molecule has 1 heterocycles. The summed E-state index contributed by atoms with van der Waals surface area (Å²) in [6.45, 7) is 2.23. The van der Waals surface area contributed by atoms with Crippen LogP contribution in [0.1, 0.15) is 31.2 Å². The lowest BCUT2D eigenvalue weighted by Gasteiger charge is -2.29. The number of nitrogens with zero attached hydrogens (tertiary/aromatic N) is 1. The summed E-state index contributed by atoms with van der Waals surface area (Å²) in [5.41, 5.74) is 0.761. The van der Waals surface area contributed by atoms with Crippen LogP contribution in [0.2, 0.25) is 0 Å². The Morgan fingerprint density at radius 2 is 2.05 bits per heavy atom. The maximum Gasteiger partial charge on any atom is 0.119 e. The quantitative estimate of drug-likeness (QED) is 0.902. The lowest BCUT2D eigenvalue weighted by molar-refractivity contribution is 0.114. The monoisotopic (exact) mass is 261 g/mol. The minimum Gasteiger partial charge on any atom is -0.490 e. The highest BCUT2D eigenvalue weighted by Crippen LogP contribution is 2.38. The van der Waals surface area contributed by atoms with Crippen LogP contribution in [-0.4, -0.2) is 41.8 Å². The molecule has 3 rings (SSSR count). The molecule has 1 N–H and O–H groups in total. The average molecular weight is 261 g/mol. The molecule has 3 nitrogen and oxygen atoms in total. The zero-order valence-electron chi connectivity index (χ0n) is 11.6. The minimum absolute atomic E-state index is 0.343. The third kappa shape index (κ3) is 3.48. The van der Waals surface area contributed by atoms with Gasteiger partial charge in [-0.2, -0.15) is 0 Å². The molecule has 0 unspecified atom stereocenters. The van der Waals surface area contributed by atoms with Gasteiger partial charge in [0, 0.05) is 19.5 Å². The minimum atomic E-state index is -0.424. The standard InChI is InChI=1S/C16H23NO2/c1-17-9-5-14(6-10-17)19-15-4-2-3-13(11-15)12-16(18)7-8-16/h2-4,11,14,18H,5-10,12H2,1H3. The molecule has 3 heteroatoms. The molecule has 1 aromatic rings. The first-order valence-electron chi connectivity index (χ1n) is 7.30. The van der Waals surface area contributed by atoms with Crippen LogP contribution in [0.15, 0.2) is 24.3 Å². The second-order valence-electron chi connectivity index (χ2n) is 6.17. The summed E-state index contributed by atoms with van der Waals surface area (Å²) in [7, 11) is 2.16. The van der Waals surface area contributed by atoms with E-state index in [9.17, 15) is 5.11 Å². The van der Waals surface area contributed by atoms with Crippen LogP contribution in [-0.2, 0) is 6.42 Å². The number of hydrogen-bond donors (Lipinski definition) is 1. The molecule has 2 fully saturated rings. The van der Waals surface area contributed by atoms with Crippen molar-refractivity contribution < 1.29 is 9.84 Å². The van der Waals surface area contributed by atoms with Crippen molar-refractivity contribution >= 4 is 0 Å². The van der Waals surface area contributed by atoms with Crippen molar-refractivity contribution in [3.05, 3.63) is 29.8 Å². The predicted molar refractivity (Wildman–Crippen MR) is 75.5 cm³/mol. The van der Waals surface area contributed by atoms with Crippen LogP contribution >= 0.6 is 0 Å². The van der Waals surface area contributed by atoms with E-state index >= 15 is 0 Å². The van der Waals surface area contributed by atoms with Crippen LogP contribution < -0.4 is 4.74 Å². The molecule has 0 amide bonds. The normalized spacial score (nSPS) is 23.3. The van der Waals surface area contributed by atoms with Crippen LogP contribution in [0.25, 0.3) is 0 Å². The summed E-state index contributed by atoms with van der Waals surface area (Å²) < 4.78 is 6.07. The van der Waals surface area contributed by atoms with Gasteiger partial charge in [-0.3, -0.25) is 0 Å². The number of rotatable bonds is 4. The second kappa shape index (κ2) is 5.14. The zero-order valence-corrected chi connectivity index (χ0v) is 11.6. The van der Waals surface area contributed by atoms with E-state index in [-0.39, 0.29) is 0 Å². The third-order valence-corrected chi connectivity index (χ3v) is 4.23. The summed E-state index contributed by atoms with van der Waals surface area (Å²) in [4.78, 5) is 2.35. The summed E-state index contributed by atoms with van der Waals surface area (Å²) in [5.74, 6) is 0.955. The molecule has 19 heavy (non-hydrogen) atoms. The first-order chi connectivity index (χ1) is 9.13. The Labute approximate surface area is 115 Å². The highest BCUT2D eigenvalue weighted by molar-refractivity contribution is 5.30. The molecule has 2 aliphatic rings. The summed E-state index contributed by atoms with van der Waals surface area (Å²) in [6.07, 6.45) is 5.18. The highest BCUT2D eigenvalue weighted by Gasteiger charge is 2.40. The van der Waals surface area contributed by atoms with Crippen molar-refractivity contribution in [2.45, 2.75) is 43.8 Å². The van der Waals surface area contributed by atoms with Gasteiger partial charge >= 0.3 is 0 Å². The van der Waals surface area contributed by atoms with Crippen LogP contribution in [0.3, 0.4) is 0 Å². The highest BCUT2D eigenvalue weighted by atomic mass is 16.5. The molecule has 0 radical (unpaired) electrons. The average Bonchev–Trinajstić information content (AvgIpc) is 3.10. The predicted octanol–water partition coefficient (Wildman–Crippen LogP) is 2.23. The SMILES string of the molecule is CN1CCC(Oc2cccc(CC3(O)CC3)c2)CC1. The second-order valence-corrected chi connectivity index (χ2v) is 6.17. The largest absolute Gasteiger partial charge is 0.490 e. The van der Waals surface area contributed by atoms with Crippen molar-refractivity contribution in [2.75, 3.05) is 20.1 Å². The van der Waals surface area contributed by atoms with E-state index in [1.165, 1.54) is 5.56 Å². The van der Waals surface area contributed by atoms with Gasteiger partial charge < -0.3 is 14.7 Å². The smallest absolute Gasteiger partial charge is 0.119 e. The van der Waals surface area contributed by atoms with E-state index < -0.39 is 5.60 Å². The zero-order chi connectivity index (χ0) is 13.3. The van der Waals surface area contributed by atoms with Crippen LogP contribution in [0, 0.1) is 0 Å². The van der Waals surface area contributed by atoms with E-state index in [0.29, 0.717) is 6.10 Å². The Kier molecular flexibility index (Phi) is 3.50. The number of piperidine rings is 1. The molecule has 104 valence electrons. The summed E-state index contributed by atoms with van der Waals surface area (Å²) >= 11 is 0. The third-order valence-electron chi connectivity index (χ3n) is 4.23. The fourth-order valence-corrected chi connectivity index (χ4v) is 2.72. The van der Waals surface area contributed by atoms with Crippen molar-refractivity contribution in [1.82, 2.24) is 4.90 Å². The molecular formula is C16H23NO2. The number of hydrogen-bond acceptors (Lipinski definition) is 3. The molecule has 1 saturated heterocycles. The molecule has 1 aliphatic heterocycles. The number of aliphatic hydroxyl groups is 1. The van der Waals surface area contributed by atoms with Gasteiger partial charge in [0.05, 0.1) is 5.60 Å². The molecular weight excluding hydrogens is 238 g/mol. The summed E-state index contributed by atoms with van der Waals surface area (Å²) in [5, 5.41) is 9.98. The van der Waals surface area contributed by atoms with E-state index in [4.69, 9.17) is 4.74 Å². The Bertz CT molecular complexity index is 434. The molecule has 0 bridgehead atoms. The van der Waals surface area contributed by atoms with Gasteiger partial charge in [0.25, 0.3) is 0 Å². The lowest BCUT2D eigenvalue weighted by atomic mass is 10.1. The van der Waals surface area contributed by atoms with E-state index in [1.807, 2.05) is 12.1 Å². The summed E-state index contributed by atoms with van der Waals surface area (Å²) in [6, 6.07) is 8.23. The fourth-order valence-electron chi connectivity index (χ4n) is 2.72. The van der Waals surface area contributed by atoms with Gasteiger partial charge in [-0.05, 0) is 50.4 Å². The van der Waals surface area contributed by atoms with Crippen molar-refractivity contribution in [3.63, 3.8) is 0 Å². The van der Waals surface area contributed by atoms with E-state index in [0.717, 1.165) is 50.9 Å². The molecule has 0 aromatic heterocycles. The first kappa shape index (κ1) is 12.9. The van der Waals surface area contributed by atoms with Gasteiger partial charge in [-0.1, -0.05) is 12.1 Å². The van der Waals surface area contributed by atoms with Gasteiger partial charge in [-0.15, -0.1) is 0 Å². The van der Waals surface area contributed by atoms with Crippen molar-refractivity contribution in [1.29, 1.82) is 0 Å². The van der Waals surface area contributed by atoms with Gasteiger partial charge in [0.15, 0.2) is 0 Å². The topological polar surface area (TPSA) is 32.7 Å². The lowest BCUT2D eigenvalue weighted by Crippen LogP contribution is -2.35. The molecule has 1 saturated carbocycles. The van der Waals surface area contributed by atoms with Crippen molar-refractivity contribution in [3.8, 4) is 5.75 Å². The van der Waals surface area contributed by atoms with E-state index in [2.05, 4.69) is 24.1 Å². The fraction of sp³-hybridized carbons (Fsp3) is 0.625. The number of likely N-dealkylation sites (tertiary alicyclic amines) is 1. The van der Waals surface area contributed by atoms with Crippen LogP contribution in [0.5, 0.6) is 5.75 Å². The maximum absolute atomic E-state index is 9.98. The van der Waals surface area contributed by atoms with Crippen LogP contribution in [0.4, 0.5) is 0 Å². The Hall–Kier alpha value is -1.06. The maximum atomic E-state index is 9.98. The molecule has 0 spiro atoms. The van der Waals surface area contributed by atoms with Gasteiger partial charge in [0.2, 0.25) is 0 Å². The number of benzene rings is 1. The van der Waals surface area contributed by atoms with E-state index in [1.54, 1.807) is 0 Å². The molecule has 1 aromatic carbocycles. The van der Waals surface area contributed by atoms with Crippen molar-refractivity contribution in [2.24, 2.45) is 0 Å². The number of ether oxygens (including phenoxy) is 1. The Balaban J connectivity index is 1.59. The van der Waals surface area contributed by atoms with Gasteiger partial charge in [0.1, 0.15) is 11.9 Å². The van der Waals surface area contributed by atoms with Gasteiger partial charge in [-0.25, -0.2) is 0 Å². The Morgan fingerprint density at radius 1 is 1.32 bits per heavy atom. The molecule has 0 atom stereocenters. The molecule has 1 aliphatic carbocycles. The Morgan fingerprint density at radius 3 is 2.74 bits per heavy atom. The first-order valence-corrected chi connectivity index (χ1v) is 7.30.